The number of nitrogens with one attached hydrogen (secondary N) is 1. The zero-order valence-electron chi connectivity index (χ0n) is 19.5. The van der Waals surface area contributed by atoms with Crippen molar-refractivity contribution in [2.75, 3.05) is 25.1 Å². The summed E-state index contributed by atoms with van der Waals surface area (Å²) < 4.78 is 120. The molecule has 3 aromatic carbocycles. The van der Waals surface area contributed by atoms with Crippen LogP contribution < -0.4 is 10.1 Å². The molecule has 6 nitrogen and oxygen atoms in total. The van der Waals surface area contributed by atoms with Crippen molar-refractivity contribution < 1.29 is 58.9 Å². The summed E-state index contributed by atoms with van der Waals surface area (Å²) in [6.45, 7) is -1.01. The maximum Gasteiger partial charge on any atom is 0.416 e. The molecule has 0 amide bonds. The standard InChI is InChI=1S/C25H17F8NO5/c26-18-19(27)21(29)23(22(30)20(18)28)39-17(35)8-9-37-10-11-38-24(36)15-6-1-2-7-16(15)34-14-5-3-4-13(12-14)25(31,32)33/h1-7,12,34H,8-11H2. The molecule has 0 radical (unpaired) electrons. The van der Waals surface area contributed by atoms with E-state index in [1.165, 1.54) is 30.3 Å². The third-order valence-electron chi connectivity index (χ3n) is 4.91. The first-order valence-electron chi connectivity index (χ1n) is 10.9. The number of esters is 2. The van der Waals surface area contributed by atoms with E-state index in [0.717, 1.165) is 12.1 Å². The number of rotatable bonds is 10. The van der Waals surface area contributed by atoms with Gasteiger partial charge < -0.3 is 19.5 Å². The van der Waals surface area contributed by atoms with Crippen LogP contribution in [0.4, 0.5) is 46.5 Å². The van der Waals surface area contributed by atoms with Crippen molar-refractivity contribution in [1.82, 2.24) is 0 Å². The molecule has 39 heavy (non-hydrogen) atoms. The molecule has 14 heteroatoms. The van der Waals surface area contributed by atoms with Gasteiger partial charge in [-0.05, 0) is 30.3 Å². The van der Waals surface area contributed by atoms with Crippen LogP contribution in [0.15, 0.2) is 48.5 Å². The van der Waals surface area contributed by atoms with Gasteiger partial charge in [0.25, 0.3) is 0 Å². The predicted octanol–water partition coefficient (Wildman–Crippen LogP) is 6.31. The van der Waals surface area contributed by atoms with Crippen molar-refractivity contribution in [3.8, 4) is 5.75 Å². The largest absolute Gasteiger partial charge is 0.460 e. The molecule has 3 rings (SSSR count). The maximum absolute atomic E-state index is 13.6. The van der Waals surface area contributed by atoms with Crippen LogP contribution in [0.25, 0.3) is 0 Å². The van der Waals surface area contributed by atoms with Crippen LogP contribution in [-0.2, 0) is 20.4 Å². The second-order valence-corrected chi connectivity index (χ2v) is 7.62. The summed E-state index contributed by atoms with van der Waals surface area (Å²) in [5, 5.41) is 2.72. The highest BCUT2D eigenvalue weighted by molar-refractivity contribution is 5.96. The van der Waals surface area contributed by atoms with E-state index in [0.29, 0.717) is 0 Å². The molecule has 3 aromatic rings. The van der Waals surface area contributed by atoms with E-state index in [1.54, 1.807) is 6.07 Å². The van der Waals surface area contributed by atoms with Crippen LogP contribution in [0.3, 0.4) is 0 Å². The summed E-state index contributed by atoms with van der Waals surface area (Å²) in [6, 6.07) is 10.2. The van der Waals surface area contributed by atoms with Crippen molar-refractivity contribution >= 4 is 23.3 Å². The molecule has 0 saturated carbocycles. The Morgan fingerprint density at radius 1 is 0.769 bits per heavy atom. The van der Waals surface area contributed by atoms with Gasteiger partial charge in [-0.15, -0.1) is 0 Å². The van der Waals surface area contributed by atoms with E-state index >= 15 is 0 Å². The third-order valence-corrected chi connectivity index (χ3v) is 4.91. The van der Waals surface area contributed by atoms with Gasteiger partial charge in [0.05, 0.1) is 36.4 Å². The van der Waals surface area contributed by atoms with Gasteiger partial charge >= 0.3 is 18.1 Å². The zero-order chi connectivity index (χ0) is 28.7. The molecule has 0 saturated heterocycles. The van der Waals surface area contributed by atoms with Crippen molar-refractivity contribution in [2.45, 2.75) is 12.6 Å². The van der Waals surface area contributed by atoms with Gasteiger partial charge in [-0.1, -0.05) is 18.2 Å². The van der Waals surface area contributed by atoms with Gasteiger partial charge in [-0.2, -0.15) is 22.0 Å². The van der Waals surface area contributed by atoms with Gasteiger partial charge in [0.2, 0.25) is 34.8 Å². The van der Waals surface area contributed by atoms with Crippen molar-refractivity contribution in [3.63, 3.8) is 0 Å². The second-order valence-electron chi connectivity index (χ2n) is 7.62. The van der Waals surface area contributed by atoms with E-state index in [-0.39, 0.29) is 30.2 Å². The topological polar surface area (TPSA) is 73.9 Å². The number of halogens is 8. The van der Waals surface area contributed by atoms with E-state index < -0.39 is 71.5 Å². The van der Waals surface area contributed by atoms with Crippen molar-refractivity contribution in [1.29, 1.82) is 0 Å². The fourth-order valence-electron chi connectivity index (χ4n) is 3.07. The Morgan fingerprint density at radius 3 is 2.08 bits per heavy atom. The third kappa shape index (κ3) is 7.44. The molecule has 0 spiro atoms. The summed E-state index contributed by atoms with van der Waals surface area (Å²) in [7, 11) is 0. The summed E-state index contributed by atoms with van der Waals surface area (Å²) in [4.78, 5) is 24.1. The van der Waals surface area contributed by atoms with E-state index in [4.69, 9.17) is 9.47 Å². The van der Waals surface area contributed by atoms with Crippen LogP contribution in [0.2, 0.25) is 0 Å². The van der Waals surface area contributed by atoms with Crippen molar-refractivity contribution in [3.05, 3.63) is 88.7 Å². The monoisotopic (exact) mass is 563 g/mol. The first-order chi connectivity index (χ1) is 18.4. The van der Waals surface area contributed by atoms with E-state index in [2.05, 4.69) is 10.1 Å². The highest BCUT2D eigenvalue weighted by Gasteiger charge is 2.31. The number of benzene rings is 3. The van der Waals surface area contributed by atoms with Crippen LogP contribution in [-0.4, -0.2) is 31.8 Å². The lowest BCUT2D eigenvalue weighted by Gasteiger charge is -2.13. The average Bonchev–Trinajstić information content (AvgIpc) is 2.90. The molecule has 0 bridgehead atoms. The average molecular weight is 563 g/mol. The number of para-hydroxylation sites is 1. The summed E-state index contributed by atoms with van der Waals surface area (Å²) in [5.74, 6) is -15.5. The molecule has 0 aliphatic rings. The minimum atomic E-state index is -4.56. The molecule has 0 atom stereocenters. The fourth-order valence-corrected chi connectivity index (χ4v) is 3.07. The Hall–Kier alpha value is -4.20. The van der Waals surface area contributed by atoms with Crippen LogP contribution in [0.5, 0.6) is 5.75 Å². The lowest BCUT2D eigenvalue weighted by atomic mass is 10.1. The zero-order valence-corrected chi connectivity index (χ0v) is 19.5. The second kappa shape index (κ2) is 12.6. The van der Waals surface area contributed by atoms with Gasteiger partial charge in [0.15, 0.2) is 0 Å². The number of ether oxygens (including phenoxy) is 3. The molecular weight excluding hydrogens is 546 g/mol. The smallest absolute Gasteiger partial charge is 0.416 e. The van der Waals surface area contributed by atoms with Crippen LogP contribution >= 0.6 is 0 Å². The number of carbonyl (C=O) groups is 2. The number of hydrogen-bond donors (Lipinski definition) is 1. The molecule has 1 N–H and O–H groups in total. The minimum Gasteiger partial charge on any atom is -0.460 e. The first-order valence-corrected chi connectivity index (χ1v) is 10.9. The molecule has 0 unspecified atom stereocenters. The summed E-state index contributed by atoms with van der Waals surface area (Å²) in [6.07, 6.45) is -5.20. The molecule has 0 fully saturated rings. The Bertz CT molecular complexity index is 1330. The Balaban J connectivity index is 1.47. The molecule has 0 aliphatic carbocycles. The Kier molecular flexibility index (Phi) is 9.46. The molecular formula is C25H17F8NO5. The highest BCUT2D eigenvalue weighted by atomic mass is 19.4. The number of hydrogen-bond acceptors (Lipinski definition) is 6. The number of anilines is 2. The SMILES string of the molecule is O=C(CCOCCOC(=O)c1ccccc1Nc1cccc(C(F)(F)F)c1)Oc1c(F)c(F)c(F)c(F)c1F. The number of carbonyl (C=O) groups excluding carboxylic acids is 2. The summed E-state index contributed by atoms with van der Waals surface area (Å²) in [5.41, 5.74) is -0.646. The van der Waals surface area contributed by atoms with Crippen LogP contribution in [0.1, 0.15) is 22.3 Å². The molecule has 0 aromatic heterocycles. The normalized spacial score (nSPS) is 11.3. The quantitative estimate of drug-likeness (QED) is 0.0778. The van der Waals surface area contributed by atoms with Crippen LogP contribution in [0, 0.1) is 29.1 Å². The highest BCUT2D eigenvalue weighted by Crippen LogP contribution is 2.32. The molecule has 208 valence electrons. The number of alkyl halides is 3. The predicted molar refractivity (Wildman–Crippen MR) is 119 cm³/mol. The Morgan fingerprint density at radius 2 is 1.41 bits per heavy atom. The van der Waals surface area contributed by atoms with Gasteiger partial charge in [0, 0.05) is 5.69 Å². The summed E-state index contributed by atoms with van der Waals surface area (Å²) >= 11 is 0. The van der Waals surface area contributed by atoms with E-state index in [1.807, 2.05) is 0 Å². The van der Waals surface area contributed by atoms with Crippen molar-refractivity contribution in [2.24, 2.45) is 0 Å². The first kappa shape index (κ1) is 29.4. The minimum absolute atomic E-state index is 0.00121. The van der Waals surface area contributed by atoms with Gasteiger partial charge in [0.1, 0.15) is 6.61 Å². The molecule has 0 aliphatic heterocycles. The van der Waals surface area contributed by atoms with Gasteiger partial charge in [-0.25, -0.2) is 18.0 Å². The van der Waals surface area contributed by atoms with E-state index in [9.17, 15) is 44.7 Å². The van der Waals surface area contributed by atoms with Gasteiger partial charge in [-0.3, -0.25) is 4.79 Å². The Labute approximate surface area is 215 Å². The lowest BCUT2D eigenvalue weighted by Crippen LogP contribution is -2.17. The lowest BCUT2D eigenvalue weighted by molar-refractivity contribution is -0.138. The fraction of sp³-hybridized carbons (Fsp3) is 0.200. The molecule has 0 heterocycles. The maximum atomic E-state index is 13.6.